The van der Waals surface area contributed by atoms with Gasteiger partial charge in [-0.25, -0.2) is 0 Å². The molecule has 3 aliphatic heterocycles. The number of carbonyl (C=O) groups excluding carboxylic acids is 4. The van der Waals surface area contributed by atoms with Crippen molar-refractivity contribution in [2.75, 3.05) is 43.1 Å². The van der Waals surface area contributed by atoms with Crippen LogP contribution >= 0.6 is 0 Å². The maximum Gasteiger partial charge on any atom is 0.313 e. The van der Waals surface area contributed by atoms with Crippen LogP contribution in [0.5, 0.6) is 0 Å². The van der Waals surface area contributed by atoms with Gasteiger partial charge in [0.1, 0.15) is 17.7 Å². The summed E-state index contributed by atoms with van der Waals surface area (Å²) in [5.74, 6) is -3.59. The summed E-state index contributed by atoms with van der Waals surface area (Å²) < 4.78 is 13.2. The maximum atomic E-state index is 15.2. The zero-order chi connectivity index (χ0) is 40.0. The number of aliphatic hydroxyl groups is 1. The summed E-state index contributed by atoms with van der Waals surface area (Å²) in [5, 5.41) is 10.8. The van der Waals surface area contributed by atoms with Crippen LogP contribution in [-0.2, 0) is 28.7 Å². The number of amides is 3. The van der Waals surface area contributed by atoms with Gasteiger partial charge in [-0.15, -0.1) is 13.2 Å². The van der Waals surface area contributed by atoms with Crippen LogP contribution in [-0.4, -0.2) is 102 Å². The predicted molar refractivity (Wildman–Crippen MR) is 214 cm³/mol. The first-order valence-corrected chi connectivity index (χ1v) is 19.9. The van der Waals surface area contributed by atoms with Crippen molar-refractivity contribution in [3.8, 4) is 0 Å². The van der Waals surface area contributed by atoms with Crippen molar-refractivity contribution in [2.45, 2.75) is 103 Å². The largest absolute Gasteiger partial charge is 0.455 e. The lowest BCUT2D eigenvalue weighted by atomic mass is 9.70. The van der Waals surface area contributed by atoms with E-state index in [2.05, 4.69) is 31.9 Å². The Bertz CT molecular complexity index is 1680. The molecule has 55 heavy (non-hydrogen) atoms. The fraction of sp³-hybridized carbons (Fsp3) is 0.545. The number of hydrogen-bond donors (Lipinski definition) is 1. The number of hydrogen-bond acceptors (Lipinski definition) is 8. The van der Waals surface area contributed by atoms with Crippen LogP contribution in [0.15, 0.2) is 79.9 Å². The second-order valence-electron chi connectivity index (χ2n) is 15.2. The van der Waals surface area contributed by atoms with E-state index in [0.29, 0.717) is 36.9 Å². The van der Waals surface area contributed by atoms with E-state index in [1.54, 1.807) is 29.0 Å². The molecule has 0 saturated carbocycles. The van der Waals surface area contributed by atoms with Gasteiger partial charge in [-0.3, -0.25) is 19.2 Å². The Kier molecular flexibility index (Phi) is 13.6. The molecule has 3 aliphatic rings. The normalized spacial score (nSPS) is 24.7. The highest BCUT2D eigenvalue weighted by molar-refractivity contribution is 6.05. The molecule has 3 heterocycles. The number of nitrogens with zero attached hydrogens (tertiary/aromatic N) is 4. The van der Waals surface area contributed by atoms with Crippen LogP contribution in [0.3, 0.4) is 0 Å². The van der Waals surface area contributed by atoms with Crippen molar-refractivity contribution in [1.29, 1.82) is 0 Å². The van der Waals surface area contributed by atoms with Gasteiger partial charge in [0.2, 0.25) is 11.8 Å². The van der Waals surface area contributed by atoms with Gasteiger partial charge >= 0.3 is 5.97 Å². The molecular formula is C44H60N4O7. The minimum absolute atomic E-state index is 0.110. The number of benzene rings is 2. The smallest absolute Gasteiger partial charge is 0.313 e. The molecule has 0 aliphatic carbocycles. The molecule has 2 aromatic carbocycles. The van der Waals surface area contributed by atoms with Gasteiger partial charge in [0.05, 0.1) is 36.6 Å². The molecule has 3 fully saturated rings. The van der Waals surface area contributed by atoms with E-state index in [0.717, 1.165) is 18.8 Å². The number of likely N-dealkylation sites (tertiary alicyclic amines) is 1. The average molecular weight is 757 g/mol. The molecule has 9 atom stereocenters. The lowest BCUT2D eigenvalue weighted by Gasteiger charge is -2.41. The summed E-state index contributed by atoms with van der Waals surface area (Å²) in [6.45, 7) is 19.1. The lowest BCUT2D eigenvalue weighted by Crippen LogP contribution is -2.60. The maximum absolute atomic E-state index is 15.2. The lowest BCUT2D eigenvalue weighted by molar-refractivity contribution is -0.165. The number of anilines is 2. The summed E-state index contributed by atoms with van der Waals surface area (Å²) in [6, 6.07) is 14.7. The molecule has 2 bridgehead atoms. The number of carbonyl (C=O) groups is 4. The zero-order valence-corrected chi connectivity index (χ0v) is 33.4. The SMILES string of the molecule is C=CCCC(=O)N(C)[C@@H](C)[C@@H](OC(=O)[C@@H]1[C@H]2C(=O)N([C@@H](CO)[C@@H](C)CC)[C@H](C(=O)N(CC=C)c3ccc(N(CC)CC)cc3)[C@]23CC[C@H]1O3)c1ccccc1. The van der Waals surface area contributed by atoms with Crippen LogP contribution < -0.4 is 9.80 Å². The fourth-order valence-electron chi connectivity index (χ4n) is 8.96. The van der Waals surface area contributed by atoms with E-state index in [-0.39, 0.29) is 37.3 Å². The first-order chi connectivity index (χ1) is 26.4. The minimum Gasteiger partial charge on any atom is -0.455 e. The van der Waals surface area contributed by atoms with Crippen molar-refractivity contribution >= 4 is 35.1 Å². The Labute approximate surface area is 326 Å². The second-order valence-corrected chi connectivity index (χ2v) is 15.2. The first-order valence-electron chi connectivity index (χ1n) is 19.9. The fourth-order valence-corrected chi connectivity index (χ4v) is 8.96. The molecular weight excluding hydrogens is 697 g/mol. The van der Waals surface area contributed by atoms with Gasteiger partial charge in [0.15, 0.2) is 0 Å². The number of likely N-dealkylation sites (N-methyl/N-ethyl adjacent to an activating group) is 1. The highest BCUT2D eigenvalue weighted by Crippen LogP contribution is 2.60. The van der Waals surface area contributed by atoms with Gasteiger partial charge in [0, 0.05) is 44.5 Å². The molecule has 0 aromatic heterocycles. The summed E-state index contributed by atoms with van der Waals surface area (Å²) in [4.78, 5) is 64.9. The third kappa shape index (κ3) is 7.83. The van der Waals surface area contributed by atoms with Gasteiger partial charge in [-0.05, 0) is 75.8 Å². The monoisotopic (exact) mass is 756 g/mol. The molecule has 1 spiro atoms. The van der Waals surface area contributed by atoms with Crippen molar-refractivity contribution in [1.82, 2.24) is 9.80 Å². The number of allylic oxidation sites excluding steroid dienone is 1. The van der Waals surface area contributed by atoms with E-state index < -0.39 is 59.6 Å². The summed E-state index contributed by atoms with van der Waals surface area (Å²) >= 11 is 0. The number of aliphatic hydroxyl groups excluding tert-OH is 1. The van der Waals surface area contributed by atoms with Crippen LogP contribution in [0.25, 0.3) is 0 Å². The van der Waals surface area contributed by atoms with Crippen molar-refractivity contribution in [3.05, 3.63) is 85.5 Å². The van der Waals surface area contributed by atoms with Crippen LogP contribution in [0.4, 0.5) is 11.4 Å². The Morgan fingerprint density at radius 2 is 1.67 bits per heavy atom. The third-order valence-corrected chi connectivity index (χ3v) is 12.3. The molecule has 11 nitrogen and oxygen atoms in total. The predicted octanol–water partition coefficient (Wildman–Crippen LogP) is 5.93. The highest BCUT2D eigenvalue weighted by Gasteiger charge is 2.76. The van der Waals surface area contributed by atoms with Crippen molar-refractivity contribution < 1.29 is 33.8 Å². The third-order valence-electron chi connectivity index (χ3n) is 12.3. The van der Waals surface area contributed by atoms with Crippen molar-refractivity contribution in [3.63, 3.8) is 0 Å². The number of rotatable bonds is 19. The van der Waals surface area contributed by atoms with Gasteiger partial charge in [-0.2, -0.15) is 0 Å². The Morgan fingerprint density at radius 3 is 2.25 bits per heavy atom. The minimum atomic E-state index is -1.31. The molecule has 2 aromatic rings. The van der Waals surface area contributed by atoms with Gasteiger partial charge < -0.3 is 34.2 Å². The summed E-state index contributed by atoms with van der Waals surface area (Å²) in [6.07, 6.45) is 4.17. The first kappa shape index (κ1) is 41.7. The Morgan fingerprint density at radius 1 is 1.02 bits per heavy atom. The zero-order valence-electron chi connectivity index (χ0n) is 33.4. The molecule has 298 valence electrons. The Balaban J connectivity index is 1.54. The van der Waals surface area contributed by atoms with E-state index >= 15 is 4.79 Å². The van der Waals surface area contributed by atoms with E-state index in [9.17, 15) is 19.5 Å². The molecule has 11 heteroatoms. The van der Waals surface area contributed by atoms with Crippen LogP contribution in [0.1, 0.15) is 78.4 Å². The van der Waals surface area contributed by atoms with E-state index in [1.165, 1.54) is 4.90 Å². The molecule has 5 rings (SSSR count). The summed E-state index contributed by atoms with van der Waals surface area (Å²) in [5.41, 5.74) is 1.08. The molecule has 1 N–H and O–H groups in total. The standard InChI is InChI=1S/C44H60N4O7/c1-9-14-20-36(50)45(8)30(7)39(31-18-16-15-17-19-31)54-43(53)37-35-25-26-44(55-35)38(37)41(51)48(34(28-49)29(6)11-3)40(44)42(52)47(27-10-2)33-23-21-32(22-24-33)46(12-4)13-5/h9-10,15-19,21-24,29-30,34-35,37-40,49H,1-2,11-14,20,25-28H2,3-8H3/t29-,30-,34-,35+,37-,38-,39+,40+,44-/m0/s1. The summed E-state index contributed by atoms with van der Waals surface area (Å²) in [7, 11) is 1.69. The van der Waals surface area contributed by atoms with Gasteiger partial charge in [-0.1, -0.05) is 62.8 Å². The average Bonchev–Trinajstić information content (AvgIpc) is 3.86. The van der Waals surface area contributed by atoms with Gasteiger partial charge in [0.25, 0.3) is 5.91 Å². The quantitative estimate of drug-likeness (QED) is 0.139. The van der Waals surface area contributed by atoms with Crippen LogP contribution in [0, 0.1) is 17.8 Å². The highest BCUT2D eigenvalue weighted by atomic mass is 16.6. The molecule has 0 unspecified atom stereocenters. The van der Waals surface area contributed by atoms with Crippen LogP contribution in [0.2, 0.25) is 0 Å². The Hall–Kier alpha value is -4.48. The van der Waals surface area contributed by atoms with E-state index in [1.807, 2.05) is 75.4 Å². The second kappa shape index (κ2) is 18.0. The topological polar surface area (TPSA) is 120 Å². The number of ether oxygens (including phenoxy) is 2. The molecule has 3 amide bonds. The number of fused-ring (bicyclic) bond motifs is 1. The molecule has 0 radical (unpaired) electrons. The number of esters is 1. The molecule has 3 saturated heterocycles. The van der Waals surface area contributed by atoms with E-state index in [4.69, 9.17) is 9.47 Å². The van der Waals surface area contributed by atoms with Crippen molar-refractivity contribution in [2.24, 2.45) is 17.8 Å².